The minimum Gasteiger partial charge on any atom is -0.387 e. The second-order valence-corrected chi connectivity index (χ2v) is 2.95. The molecule has 0 saturated heterocycles. The molecule has 1 rings (SSSR count). The molecule has 1 atom stereocenters. The Morgan fingerprint density at radius 2 is 2.44 bits per heavy atom. The van der Waals surface area contributed by atoms with Crippen LogP contribution in [0.4, 0.5) is 0 Å². The van der Waals surface area contributed by atoms with Gasteiger partial charge in [0.2, 0.25) is 0 Å². The van der Waals surface area contributed by atoms with Crippen molar-refractivity contribution in [2.45, 2.75) is 38.6 Å². The fraction of sp³-hybridized carbons (Fsp3) is 0.857. The Balaban J connectivity index is 2.64. The molecule has 1 aliphatic rings. The molecule has 9 heavy (non-hydrogen) atoms. The summed E-state index contributed by atoms with van der Waals surface area (Å²) < 4.78 is 0. The van der Waals surface area contributed by atoms with E-state index in [1.165, 1.54) is 0 Å². The number of nitrogens with two attached hydrogens (primary N) is 1. The van der Waals surface area contributed by atoms with Gasteiger partial charge in [-0.3, -0.25) is 4.99 Å². The Morgan fingerprint density at radius 1 is 1.78 bits per heavy atom. The lowest BCUT2D eigenvalue weighted by Crippen LogP contribution is -2.16. The lowest BCUT2D eigenvalue weighted by molar-refractivity contribution is 0.455. The maximum atomic E-state index is 5.54. The molecule has 0 spiro atoms. The molecule has 52 valence electrons. The summed E-state index contributed by atoms with van der Waals surface area (Å²) in [6, 6.07) is 0. The lowest BCUT2D eigenvalue weighted by atomic mass is 9.97. The molecule has 2 N–H and O–H groups in total. The topological polar surface area (TPSA) is 38.4 Å². The second-order valence-electron chi connectivity index (χ2n) is 2.95. The van der Waals surface area contributed by atoms with Crippen LogP contribution in [-0.4, -0.2) is 11.4 Å². The van der Waals surface area contributed by atoms with Crippen molar-refractivity contribution in [3.8, 4) is 0 Å². The molecule has 0 aromatic carbocycles. The second kappa shape index (κ2) is 2.01. The first-order valence-electron chi connectivity index (χ1n) is 3.50. The van der Waals surface area contributed by atoms with Crippen molar-refractivity contribution in [1.29, 1.82) is 0 Å². The number of aliphatic imine (C=N–C) groups is 1. The van der Waals surface area contributed by atoms with Gasteiger partial charge in [-0.2, -0.15) is 0 Å². The van der Waals surface area contributed by atoms with E-state index in [2.05, 4.69) is 18.8 Å². The van der Waals surface area contributed by atoms with Crippen LogP contribution in [0.5, 0.6) is 0 Å². The Hall–Kier alpha value is -0.530. The summed E-state index contributed by atoms with van der Waals surface area (Å²) in [5, 5.41) is 0. The molecule has 0 fully saturated rings. The molecular weight excluding hydrogens is 112 g/mol. The van der Waals surface area contributed by atoms with Crippen LogP contribution in [0.15, 0.2) is 4.99 Å². The number of hydrogen-bond acceptors (Lipinski definition) is 2. The average Bonchev–Trinajstić information content (AvgIpc) is 2.13. The van der Waals surface area contributed by atoms with Crippen molar-refractivity contribution in [1.82, 2.24) is 0 Å². The number of rotatable bonds is 1. The zero-order valence-corrected chi connectivity index (χ0v) is 6.15. The molecule has 1 heterocycles. The first-order valence-corrected chi connectivity index (χ1v) is 3.50. The first kappa shape index (κ1) is 6.59. The third-order valence-corrected chi connectivity index (χ3v) is 2.09. The molecular formula is C7H14N2. The highest BCUT2D eigenvalue weighted by molar-refractivity contribution is 5.82. The van der Waals surface area contributed by atoms with Crippen LogP contribution < -0.4 is 5.73 Å². The monoisotopic (exact) mass is 126 g/mol. The van der Waals surface area contributed by atoms with Crippen LogP contribution in [0, 0.1) is 0 Å². The Kier molecular flexibility index (Phi) is 1.47. The minimum absolute atomic E-state index is 0.171. The van der Waals surface area contributed by atoms with E-state index in [0.717, 1.165) is 25.1 Å². The highest BCUT2D eigenvalue weighted by atomic mass is 15.0. The van der Waals surface area contributed by atoms with Gasteiger partial charge in [-0.1, -0.05) is 6.92 Å². The van der Waals surface area contributed by atoms with Crippen LogP contribution in [0.3, 0.4) is 0 Å². The molecule has 2 nitrogen and oxygen atoms in total. The van der Waals surface area contributed by atoms with E-state index in [-0.39, 0.29) is 5.54 Å². The molecule has 0 aliphatic carbocycles. The molecule has 1 unspecified atom stereocenters. The molecule has 0 aromatic heterocycles. The highest BCUT2D eigenvalue weighted by Crippen LogP contribution is 2.26. The van der Waals surface area contributed by atoms with Gasteiger partial charge in [0.25, 0.3) is 0 Å². The van der Waals surface area contributed by atoms with Crippen LogP contribution in [-0.2, 0) is 0 Å². The Morgan fingerprint density at radius 3 is 2.67 bits per heavy atom. The van der Waals surface area contributed by atoms with E-state index in [9.17, 15) is 0 Å². The van der Waals surface area contributed by atoms with Gasteiger partial charge in [-0.15, -0.1) is 0 Å². The maximum Gasteiger partial charge on any atom is 0.0944 e. The summed E-state index contributed by atoms with van der Waals surface area (Å²) in [6.07, 6.45) is 3.23. The summed E-state index contributed by atoms with van der Waals surface area (Å²) in [4.78, 5) is 4.33. The van der Waals surface area contributed by atoms with E-state index in [1.54, 1.807) is 0 Å². The quantitative estimate of drug-likeness (QED) is 0.565. The molecule has 0 bridgehead atoms. The molecule has 1 aliphatic heterocycles. The molecule has 0 radical (unpaired) electrons. The molecule has 2 heteroatoms. The number of hydrogen-bond donors (Lipinski definition) is 1. The third kappa shape index (κ3) is 1.23. The SMILES string of the molecule is CCC1(C)CCC(N)=N1. The first-order chi connectivity index (χ1) is 4.16. The van der Waals surface area contributed by atoms with Crippen LogP contribution in [0.1, 0.15) is 33.1 Å². The van der Waals surface area contributed by atoms with Crippen molar-refractivity contribution < 1.29 is 0 Å². The fourth-order valence-electron chi connectivity index (χ4n) is 1.11. The van der Waals surface area contributed by atoms with Gasteiger partial charge in [0.15, 0.2) is 0 Å². The predicted molar refractivity (Wildman–Crippen MR) is 39.6 cm³/mol. The van der Waals surface area contributed by atoms with Gasteiger partial charge in [0.1, 0.15) is 0 Å². The van der Waals surface area contributed by atoms with Gasteiger partial charge in [0, 0.05) is 6.42 Å². The van der Waals surface area contributed by atoms with E-state index < -0.39 is 0 Å². The maximum absolute atomic E-state index is 5.54. The Bertz CT molecular complexity index is 140. The zero-order valence-electron chi connectivity index (χ0n) is 6.15. The molecule has 0 saturated carbocycles. The van der Waals surface area contributed by atoms with Gasteiger partial charge in [-0.25, -0.2) is 0 Å². The summed E-state index contributed by atoms with van der Waals surface area (Å²) in [7, 11) is 0. The van der Waals surface area contributed by atoms with Gasteiger partial charge >= 0.3 is 0 Å². The number of amidine groups is 1. The van der Waals surface area contributed by atoms with Crippen molar-refractivity contribution in [2.24, 2.45) is 10.7 Å². The highest BCUT2D eigenvalue weighted by Gasteiger charge is 2.26. The standard InChI is InChI=1S/C7H14N2/c1-3-7(2)5-4-6(8)9-7/h3-5H2,1-2H3,(H2,8,9). The van der Waals surface area contributed by atoms with Crippen molar-refractivity contribution in [3.05, 3.63) is 0 Å². The zero-order chi connectivity index (χ0) is 6.91. The van der Waals surface area contributed by atoms with E-state index >= 15 is 0 Å². The van der Waals surface area contributed by atoms with Gasteiger partial charge in [-0.05, 0) is 19.8 Å². The van der Waals surface area contributed by atoms with Crippen molar-refractivity contribution in [2.75, 3.05) is 0 Å². The van der Waals surface area contributed by atoms with Gasteiger partial charge in [0.05, 0.1) is 11.4 Å². The third-order valence-electron chi connectivity index (χ3n) is 2.09. The van der Waals surface area contributed by atoms with E-state index in [0.29, 0.717) is 0 Å². The summed E-state index contributed by atoms with van der Waals surface area (Å²) in [6.45, 7) is 4.31. The minimum atomic E-state index is 0.171. The summed E-state index contributed by atoms with van der Waals surface area (Å²) in [5.41, 5.74) is 5.71. The van der Waals surface area contributed by atoms with Crippen LogP contribution in [0.2, 0.25) is 0 Å². The van der Waals surface area contributed by atoms with E-state index in [4.69, 9.17) is 5.73 Å². The Labute approximate surface area is 56.2 Å². The average molecular weight is 126 g/mol. The fourth-order valence-corrected chi connectivity index (χ4v) is 1.11. The van der Waals surface area contributed by atoms with Gasteiger partial charge < -0.3 is 5.73 Å². The summed E-state index contributed by atoms with van der Waals surface area (Å²) >= 11 is 0. The lowest BCUT2D eigenvalue weighted by Gasteiger charge is -2.16. The van der Waals surface area contributed by atoms with Crippen LogP contribution in [0.25, 0.3) is 0 Å². The van der Waals surface area contributed by atoms with Crippen molar-refractivity contribution in [3.63, 3.8) is 0 Å². The molecule has 0 amide bonds. The van der Waals surface area contributed by atoms with Crippen molar-refractivity contribution >= 4 is 5.84 Å². The smallest absolute Gasteiger partial charge is 0.0944 e. The molecule has 0 aromatic rings. The number of nitrogens with zero attached hydrogens (tertiary/aromatic N) is 1. The van der Waals surface area contributed by atoms with E-state index in [1.807, 2.05) is 0 Å². The predicted octanol–water partition coefficient (Wildman–Crippen LogP) is 1.31. The normalized spacial score (nSPS) is 34.7. The largest absolute Gasteiger partial charge is 0.387 e. The summed E-state index contributed by atoms with van der Waals surface area (Å²) in [5.74, 6) is 0.833. The van der Waals surface area contributed by atoms with Crippen LogP contribution >= 0.6 is 0 Å².